The summed E-state index contributed by atoms with van der Waals surface area (Å²) in [6.45, 7) is 5.46. The molecule has 0 aliphatic carbocycles. The van der Waals surface area contributed by atoms with E-state index >= 15 is 0 Å². The van der Waals surface area contributed by atoms with E-state index in [2.05, 4.69) is 53.0 Å². The van der Waals surface area contributed by atoms with Gasteiger partial charge in [-0.05, 0) is 66.8 Å². The number of halogens is 1. The van der Waals surface area contributed by atoms with Crippen molar-refractivity contribution < 1.29 is 4.39 Å². The first-order valence-electron chi connectivity index (χ1n) is 9.58. The monoisotopic (exact) mass is 412 g/mol. The fourth-order valence-electron chi connectivity index (χ4n) is 3.78. The van der Waals surface area contributed by atoms with E-state index in [1.807, 2.05) is 23.9 Å². The van der Waals surface area contributed by atoms with E-state index in [0.717, 1.165) is 30.9 Å². The van der Waals surface area contributed by atoms with E-state index < -0.39 is 0 Å². The summed E-state index contributed by atoms with van der Waals surface area (Å²) in [6.07, 6.45) is 2.11. The molecule has 28 heavy (non-hydrogen) atoms. The van der Waals surface area contributed by atoms with Gasteiger partial charge in [-0.3, -0.25) is 4.90 Å². The molecular weight excluding hydrogens is 387 g/mol. The summed E-state index contributed by atoms with van der Waals surface area (Å²) in [5.74, 6) is 2.22. The Balaban J connectivity index is 1.83. The molecule has 0 radical (unpaired) electrons. The summed E-state index contributed by atoms with van der Waals surface area (Å²) in [7, 11) is 0. The van der Waals surface area contributed by atoms with Gasteiger partial charge in [-0.2, -0.15) is 11.8 Å². The van der Waals surface area contributed by atoms with Crippen LogP contribution in [0.4, 0.5) is 4.39 Å². The van der Waals surface area contributed by atoms with Gasteiger partial charge in [0.1, 0.15) is 5.82 Å². The quantitative estimate of drug-likeness (QED) is 0.485. The Kier molecular flexibility index (Phi) is 6.14. The third kappa shape index (κ3) is 4.02. The van der Waals surface area contributed by atoms with Gasteiger partial charge in [0.15, 0.2) is 0 Å². The molecule has 5 heteroatoms. The maximum absolute atomic E-state index is 13.5. The molecule has 0 spiro atoms. The molecule has 0 saturated carbocycles. The van der Waals surface area contributed by atoms with Crippen LogP contribution in [-0.2, 0) is 6.54 Å². The zero-order valence-electron chi connectivity index (χ0n) is 16.3. The zero-order valence-corrected chi connectivity index (χ0v) is 18.0. The third-order valence-electron chi connectivity index (χ3n) is 5.32. The highest BCUT2D eigenvalue weighted by atomic mass is 32.2. The Morgan fingerprint density at radius 1 is 1.04 bits per heavy atom. The zero-order chi connectivity index (χ0) is 19.5. The van der Waals surface area contributed by atoms with Crippen LogP contribution in [0.2, 0.25) is 0 Å². The average Bonchev–Trinajstić information content (AvgIpc) is 3.05. The lowest BCUT2D eigenvalue weighted by atomic mass is 10.1. The minimum absolute atomic E-state index is 0.200. The second-order valence-electron chi connectivity index (χ2n) is 7.04. The summed E-state index contributed by atoms with van der Waals surface area (Å²) >= 11 is 3.79. The summed E-state index contributed by atoms with van der Waals surface area (Å²) in [5.41, 5.74) is 5.97. The van der Waals surface area contributed by atoms with Gasteiger partial charge in [0.2, 0.25) is 0 Å². The Bertz CT molecular complexity index is 944. The Hall–Kier alpha value is -1.69. The summed E-state index contributed by atoms with van der Waals surface area (Å²) in [6, 6.07) is 17.6. The molecule has 1 saturated heterocycles. The number of nitrogens with zero attached hydrogens (tertiary/aromatic N) is 2. The fourth-order valence-corrected chi connectivity index (χ4v) is 5.34. The molecule has 0 bridgehead atoms. The largest absolute Gasteiger partial charge is 0.312 e. The second kappa shape index (κ2) is 8.76. The number of para-hydroxylation sites is 1. The van der Waals surface area contributed by atoms with Gasteiger partial charge < -0.3 is 4.57 Å². The van der Waals surface area contributed by atoms with Crippen LogP contribution in [0.25, 0.3) is 16.9 Å². The molecule has 3 aromatic rings. The van der Waals surface area contributed by atoms with E-state index in [1.54, 1.807) is 23.9 Å². The number of rotatable bonds is 5. The minimum atomic E-state index is -0.200. The SMILES string of the molecule is CSc1ccccc1-n1c(-c2ccc(F)cc2)cc(CN2CCSCC2)c1C. The van der Waals surface area contributed by atoms with E-state index in [-0.39, 0.29) is 5.82 Å². The molecule has 1 aliphatic heterocycles. The van der Waals surface area contributed by atoms with Crippen LogP contribution in [-0.4, -0.2) is 40.3 Å². The number of thioether (sulfide) groups is 2. The van der Waals surface area contributed by atoms with Gasteiger partial charge in [-0.25, -0.2) is 4.39 Å². The van der Waals surface area contributed by atoms with Gasteiger partial charge >= 0.3 is 0 Å². The molecule has 1 fully saturated rings. The molecule has 2 aromatic carbocycles. The Labute approximate surface area is 175 Å². The van der Waals surface area contributed by atoms with Crippen molar-refractivity contribution in [1.82, 2.24) is 9.47 Å². The lowest BCUT2D eigenvalue weighted by molar-refractivity contribution is 0.294. The van der Waals surface area contributed by atoms with Crippen molar-refractivity contribution in [3.63, 3.8) is 0 Å². The summed E-state index contributed by atoms with van der Waals surface area (Å²) < 4.78 is 15.9. The predicted molar refractivity (Wildman–Crippen MR) is 120 cm³/mol. The molecule has 0 atom stereocenters. The maximum atomic E-state index is 13.5. The molecule has 2 nitrogen and oxygen atoms in total. The topological polar surface area (TPSA) is 8.17 Å². The van der Waals surface area contributed by atoms with Crippen molar-refractivity contribution in [2.75, 3.05) is 30.9 Å². The molecule has 0 N–H and O–H groups in total. The third-order valence-corrected chi connectivity index (χ3v) is 7.04. The highest BCUT2D eigenvalue weighted by Crippen LogP contribution is 2.34. The van der Waals surface area contributed by atoms with Crippen LogP contribution < -0.4 is 0 Å². The van der Waals surface area contributed by atoms with Crippen molar-refractivity contribution in [2.45, 2.75) is 18.4 Å². The lowest BCUT2D eigenvalue weighted by Gasteiger charge is -2.26. The van der Waals surface area contributed by atoms with Gasteiger partial charge in [0, 0.05) is 41.7 Å². The number of benzene rings is 2. The normalized spacial score (nSPS) is 15.1. The summed E-state index contributed by atoms with van der Waals surface area (Å²) in [5, 5.41) is 0. The number of hydrogen-bond donors (Lipinski definition) is 0. The maximum Gasteiger partial charge on any atom is 0.123 e. The molecule has 146 valence electrons. The van der Waals surface area contributed by atoms with Crippen LogP contribution in [0, 0.1) is 12.7 Å². The summed E-state index contributed by atoms with van der Waals surface area (Å²) in [4.78, 5) is 3.78. The van der Waals surface area contributed by atoms with E-state index in [4.69, 9.17) is 0 Å². The standard InChI is InChI=1S/C23H25FN2S2/c1-17-19(16-25-11-13-28-14-12-25)15-22(18-7-9-20(24)10-8-18)26(17)21-5-3-4-6-23(21)27-2/h3-10,15H,11-14,16H2,1-2H3. The van der Waals surface area contributed by atoms with E-state index in [9.17, 15) is 4.39 Å². The highest BCUT2D eigenvalue weighted by molar-refractivity contribution is 7.99. The first kappa shape index (κ1) is 19.6. The smallest absolute Gasteiger partial charge is 0.123 e. The Morgan fingerprint density at radius 3 is 2.46 bits per heavy atom. The fraction of sp³-hybridized carbons (Fsp3) is 0.304. The van der Waals surface area contributed by atoms with E-state index in [1.165, 1.54) is 33.3 Å². The van der Waals surface area contributed by atoms with E-state index in [0.29, 0.717) is 0 Å². The van der Waals surface area contributed by atoms with Gasteiger partial charge in [0.05, 0.1) is 11.4 Å². The van der Waals surface area contributed by atoms with Crippen LogP contribution in [0.1, 0.15) is 11.3 Å². The van der Waals surface area contributed by atoms with Gasteiger partial charge in [-0.15, -0.1) is 11.8 Å². The first-order valence-corrected chi connectivity index (χ1v) is 12.0. The minimum Gasteiger partial charge on any atom is -0.312 e. The number of hydrogen-bond acceptors (Lipinski definition) is 3. The van der Waals surface area contributed by atoms with Gasteiger partial charge in [0.25, 0.3) is 0 Å². The van der Waals surface area contributed by atoms with Crippen molar-refractivity contribution in [3.05, 3.63) is 71.7 Å². The molecule has 1 aliphatic rings. The molecule has 0 amide bonds. The Morgan fingerprint density at radius 2 is 1.75 bits per heavy atom. The molecule has 2 heterocycles. The lowest BCUT2D eigenvalue weighted by Crippen LogP contribution is -2.32. The van der Waals surface area contributed by atoms with Crippen molar-refractivity contribution >= 4 is 23.5 Å². The molecule has 4 rings (SSSR count). The van der Waals surface area contributed by atoms with Crippen LogP contribution in [0.5, 0.6) is 0 Å². The highest BCUT2D eigenvalue weighted by Gasteiger charge is 2.19. The second-order valence-corrected chi connectivity index (χ2v) is 9.12. The predicted octanol–water partition coefficient (Wildman–Crippen LogP) is 5.86. The molecule has 1 aromatic heterocycles. The van der Waals surface area contributed by atoms with Crippen molar-refractivity contribution in [2.24, 2.45) is 0 Å². The van der Waals surface area contributed by atoms with Crippen LogP contribution in [0.15, 0.2) is 59.5 Å². The number of aromatic nitrogens is 1. The van der Waals surface area contributed by atoms with Crippen LogP contribution >= 0.6 is 23.5 Å². The van der Waals surface area contributed by atoms with Crippen molar-refractivity contribution in [1.29, 1.82) is 0 Å². The van der Waals surface area contributed by atoms with Crippen molar-refractivity contribution in [3.8, 4) is 16.9 Å². The first-order chi connectivity index (χ1) is 13.7. The molecular formula is C23H25FN2S2. The molecule has 0 unspecified atom stereocenters. The van der Waals surface area contributed by atoms with Crippen LogP contribution in [0.3, 0.4) is 0 Å². The van der Waals surface area contributed by atoms with Gasteiger partial charge in [-0.1, -0.05) is 12.1 Å². The average molecular weight is 413 g/mol.